The number of carbonyl (C=O) groups is 1. The van der Waals surface area contributed by atoms with Crippen LogP contribution in [-0.2, 0) is 11.2 Å². The van der Waals surface area contributed by atoms with Crippen molar-refractivity contribution in [2.24, 2.45) is 0 Å². The Balaban J connectivity index is 1.78. The maximum absolute atomic E-state index is 12.0. The largest absolute Gasteiger partial charge is 0.495 e. The van der Waals surface area contributed by atoms with Crippen molar-refractivity contribution in [3.8, 4) is 17.2 Å². The summed E-state index contributed by atoms with van der Waals surface area (Å²) in [6.45, 7) is 0.866. The van der Waals surface area contributed by atoms with Crippen molar-refractivity contribution in [3.05, 3.63) is 47.0 Å². The van der Waals surface area contributed by atoms with E-state index in [-0.39, 0.29) is 12.5 Å². The van der Waals surface area contributed by atoms with E-state index in [1.54, 1.807) is 32.4 Å². The van der Waals surface area contributed by atoms with Gasteiger partial charge in [-0.1, -0.05) is 17.7 Å². The first-order valence-electron chi connectivity index (χ1n) is 8.12. The van der Waals surface area contributed by atoms with E-state index in [0.717, 1.165) is 12.0 Å². The lowest BCUT2D eigenvalue weighted by Crippen LogP contribution is -2.29. The number of nitrogens with one attached hydrogen (secondary N) is 2. The Hall–Kier alpha value is -2.44. The highest BCUT2D eigenvalue weighted by Gasteiger charge is 2.07. The number of ether oxygens (including phenoxy) is 3. The Bertz CT molecular complexity index is 752. The van der Waals surface area contributed by atoms with Crippen LogP contribution in [0.4, 0.5) is 5.69 Å². The van der Waals surface area contributed by atoms with Gasteiger partial charge in [0.05, 0.1) is 32.9 Å². The van der Waals surface area contributed by atoms with Gasteiger partial charge in [0.25, 0.3) is 0 Å². The van der Waals surface area contributed by atoms with Gasteiger partial charge in [0, 0.05) is 11.8 Å². The van der Waals surface area contributed by atoms with Crippen LogP contribution in [0.1, 0.15) is 5.56 Å². The van der Waals surface area contributed by atoms with Crippen molar-refractivity contribution in [3.63, 3.8) is 0 Å². The molecule has 0 heterocycles. The molecule has 1 amide bonds. The molecule has 7 heteroatoms. The van der Waals surface area contributed by atoms with E-state index >= 15 is 0 Å². The van der Waals surface area contributed by atoms with Gasteiger partial charge in [0.1, 0.15) is 5.75 Å². The summed E-state index contributed by atoms with van der Waals surface area (Å²) in [6, 6.07) is 10.9. The standard InChI is InChI=1S/C19H23ClN2O4/c1-24-16-7-4-13(10-18(16)26-3)8-9-21-12-19(23)22-14-5-6-15(20)17(11-14)25-2/h4-7,10-11,21H,8-9,12H2,1-3H3,(H,22,23). The van der Waals surface area contributed by atoms with Gasteiger partial charge in [0.15, 0.2) is 11.5 Å². The maximum atomic E-state index is 12.0. The van der Waals surface area contributed by atoms with E-state index in [9.17, 15) is 4.79 Å². The van der Waals surface area contributed by atoms with Gasteiger partial charge in [-0.15, -0.1) is 0 Å². The van der Waals surface area contributed by atoms with Gasteiger partial charge in [-0.2, -0.15) is 0 Å². The fourth-order valence-corrected chi connectivity index (χ4v) is 2.61. The van der Waals surface area contributed by atoms with Crippen LogP contribution in [0.15, 0.2) is 36.4 Å². The van der Waals surface area contributed by atoms with E-state index < -0.39 is 0 Å². The number of methoxy groups -OCH3 is 3. The fraction of sp³-hybridized carbons (Fsp3) is 0.316. The quantitative estimate of drug-likeness (QED) is 0.656. The number of benzene rings is 2. The third kappa shape index (κ3) is 5.54. The molecule has 0 aliphatic rings. The molecular weight excluding hydrogens is 356 g/mol. The molecule has 0 aliphatic carbocycles. The smallest absolute Gasteiger partial charge is 0.238 e. The third-order valence-corrected chi connectivity index (χ3v) is 4.07. The van der Waals surface area contributed by atoms with E-state index in [1.807, 2.05) is 18.2 Å². The second-order valence-electron chi connectivity index (χ2n) is 5.51. The third-order valence-electron chi connectivity index (χ3n) is 3.76. The van der Waals surface area contributed by atoms with Crippen molar-refractivity contribution in [2.75, 3.05) is 39.7 Å². The number of rotatable bonds is 9. The molecule has 6 nitrogen and oxygen atoms in total. The van der Waals surface area contributed by atoms with E-state index in [4.69, 9.17) is 25.8 Å². The SMILES string of the molecule is COc1cc(NC(=O)CNCCc2ccc(OC)c(OC)c2)ccc1Cl. The van der Waals surface area contributed by atoms with Crippen molar-refractivity contribution >= 4 is 23.2 Å². The van der Waals surface area contributed by atoms with Gasteiger partial charge in [-0.3, -0.25) is 4.79 Å². The molecular formula is C19H23ClN2O4. The number of hydrogen-bond acceptors (Lipinski definition) is 5. The Morgan fingerprint density at radius 3 is 2.38 bits per heavy atom. The summed E-state index contributed by atoms with van der Waals surface area (Å²) in [7, 11) is 4.74. The van der Waals surface area contributed by atoms with Crippen molar-refractivity contribution in [1.29, 1.82) is 0 Å². The number of halogens is 1. The highest BCUT2D eigenvalue weighted by molar-refractivity contribution is 6.32. The molecule has 0 saturated carbocycles. The van der Waals surface area contributed by atoms with Gasteiger partial charge in [-0.05, 0) is 42.8 Å². The normalized spacial score (nSPS) is 10.3. The number of anilines is 1. The number of amides is 1. The summed E-state index contributed by atoms with van der Waals surface area (Å²) in [6.07, 6.45) is 0.766. The van der Waals surface area contributed by atoms with Gasteiger partial charge in [0.2, 0.25) is 5.91 Å². The van der Waals surface area contributed by atoms with Crippen LogP contribution in [0, 0.1) is 0 Å². The van der Waals surface area contributed by atoms with Crippen LogP contribution in [0.5, 0.6) is 17.2 Å². The minimum atomic E-state index is -0.137. The zero-order valence-corrected chi connectivity index (χ0v) is 15.9. The second kappa shape index (κ2) is 9.89. The molecule has 0 atom stereocenters. The molecule has 140 valence electrons. The molecule has 0 bridgehead atoms. The van der Waals surface area contributed by atoms with Gasteiger partial charge >= 0.3 is 0 Å². The lowest BCUT2D eigenvalue weighted by Gasteiger charge is -2.11. The van der Waals surface area contributed by atoms with Crippen molar-refractivity contribution < 1.29 is 19.0 Å². The molecule has 0 fully saturated rings. The average molecular weight is 379 g/mol. The summed E-state index contributed by atoms with van der Waals surface area (Å²) in [5.41, 5.74) is 1.73. The van der Waals surface area contributed by atoms with Gasteiger partial charge in [-0.25, -0.2) is 0 Å². The van der Waals surface area contributed by atoms with Crippen LogP contribution in [0.25, 0.3) is 0 Å². The molecule has 0 saturated heterocycles. The summed E-state index contributed by atoms with van der Waals surface area (Å²) >= 11 is 5.97. The molecule has 0 spiro atoms. The van der Waals surface area contributed by atoms with E-state index in [2.05, 4.69) is 10.6 Å². The van der Waals surface area contributed by atoms with Crippen LogP contribution < -0.4 is 24.8 Å². The minimum Gasteiger partial charge on any atom is -0.495 e. The first kappa shape index (κ1) is 19.9. The van der Waals surface area contributed by atoms with Crippen LogP contribution in [0.3, 0.4) is 0 Å². The Kier molecular flexibility index (Phi) is 7.56. The van der Waals surface area contributed by atoms with Crippen molar-refractivity contribution in [1.82, 2.24) is 5.32 Å². The topological polar surface area (TPSA) is 68.8 Å². The van der Waals surface area contributed by atoms with Crippen LogP contribution in [-0.4, -0.2) is 40.3 Å². The lowest BCUT2D eigenvalue weighted by atomic mass is 10.1. The van der Waals surface area contributed by atoms with Crippen LogP contribution >= 0.6 is 11.6 Å². The van der Waals surface area contributed by atoms with Crippen LogP contribution in [0.2, 0.25) is 5.02 Å². The molecule has 0 radical (unpaired) electrons. The minimum absolute atomic E-state index is 0.137. The molecule has 0 unspecified atom stereocenters. The number of carbonyl (C=O) groups excluding carboxylic acids is 1. The first-order chi connectivity index (χ1) is 12.6. The molecule has 2 aromatic rings. The second-order valence-corrected chi connectivity index (χ2v) is 5.92. The molecule has 2 N–H and O–H groups in total. The van der Waals surface area contributed by atoms with E-state index in [0.29, 0.717) is 34.5 Å². The Morgan fingerprint density at radius 1 is 0.962 bits per heavy atom. The highest BCUT2D eigenvalue weighted by atomic mass is 35.5. The maximum Gasteiger partial charge on any atom is 0.238 e. The Morgan fingerprint density at radius 2 is 1.69 bits per heavy atom. The summed E-state index contributed by atoms with van der Waals surface area (Å²) < 4.78 is 15.6. The molecule has 0 aromatic heterocycles. The fourth-order valence-electron chi connectivity index (χ4n) is 2.41. The molecule has 26 heavy (non-hydrogen) atoms. The average Bonchev–Trinajstić information content (AvgIpc) is 2.66. The number of hydrogen-bond donors (Lipinski definition) is 2. The first-order valence-corrected chi connectivity index (χ1v) is 8.50. The zero-order chi connectivity index (χ0) is 18.9. The highest BCUT2D eigenvalue weighted by Crippen LogP contribution is 2.28. The predicted molar refractivity (Wildman–Crippen MR) is 103 cm³/mol. The van der Waals surface area contributed by atoms with Gasteiger partial charge < -0.3 is 24.8 Å². The van der Waals surface area contributed by atoms with Crippen molar-refractivity contribution in [2.45, 2.75) is 6.42 Å². The molecule has 0 aliphatic heterocycles. The Labute approximate surface area is 158 Å². The zero-order valence-electron chi connectivity index (χ0n) is 15.1. The monoisotopic (exact) mass is 378 g/mol. The lowest BCUT2D eigenvalue weighted by molar-refractivity contribution is -0.115. The summed E-state index contributed by atoms with van der Waals surface area (Å²) in [5, 5.41) is 6.42. The predicted octanol–water partition coefficient (Wildman–Crippen LogP) is 3.14. The summed E-state index contributed by atoms with van der Waals surface area (Å²) in [4.78, 5) is 12.0. The molecule has 2 aromatic carbocycles. The van der Waals surface area contributed by atoms with E-state index in [1.165, 1.54) is 7.11 Å². The summed E-state index contributed by atoms with van der Waals surface area (Å²) in [5.74, 6) is 1.77. The molecule has 2 rings (SSSR count).